The summed E-state index contributed by atoms with van der Waals surface area (Å²) in [5.74, 6) is 0. The van der Waals surface area contributed by atoms with Crippen molar-refractivity contribution in [1.29, 1.82) is 0 Å². The molecule has 0 radical (unpaired) electrons. The van der Waals surface area contributed by atoms with Gasteiger partial charge in [0.25, 0.3) is 0 Å². The average Bonchev–Trinajstić information content (AvgIpc) is 2.80. The van der Waals surface area contributed by atoms with Gasteiger partial charge in [-0.25, -0.2) is 0 Å². The molecule has 0 unspecified atom stereocenters. The number of hydrogen-bond donors (Lipinski definition) is 1. The van der Waals surface area contributed by atoms with Gasteiger partial charge in [0.05, 0.1) is 0 Å². The van der Waals surface area contributed by atoms with Crippen LogP contribution in [-0.2, 0) is 19.4 Å². The molecule has 1 aromatic carbocycles. The lowest BCUT2D eigenvalue weighted by molar-refractivity contribution is 0.912. The second kappa shape index (κ2) is 3.32. The molecule has 78 valence electrons. The van der Waals surface area contributed by atoms with Crippen LogP contribution < -0.4 is 5.73 Å². The largest absolute Gasteiger partial charge is 0.326 e. The Balaban J connectivity index is 2.31. The van der Waals surface area contributed by atoms with Gasteiger partial charge < -0.3 is 5.73 Å². The zero-order chi connectivity index (χ0) is 10.4. The number of aryl methyl sites for hydroxylation is 3. The molecule has 0 spiro atoms. The second-order valence-electron chi connectivity index (χ2n) is 4.32. The van der Waals surface area contributed by atoms with Crippen LogP contribution in [0.1, 0.15) is 28.0 Å². The topological polar surface area (TPSA) is 26.0 Å². The molecule has 1 aliphatic rings. The molecular formula is C13H15NS. The Bertz CT molecular complexity index is 525. The third-order valence-corrected chi connectivity index (χ3v) is 4.71. The molecule has 0 saturated carbocycles. The van der Waals surface area contributed by atoms with Crippen LogP contribution in [0.4, 0.5) is 0 Å². The molecule has 15 heavy (non-hydrogen) atoms. The smallest absolute Gasteiger partial charge is 0.0351 e. The molecule has 1 aliphatic carbocycles. The van der Waals surface area contributed by atoms with E-state index in [1.165, 1.54) is 39.8 Å². The summed E-state index contributed by atoms with van der Waals surface area (Å²) in [6.45, 7) is 2.87. The van der Waals surface area contributed by atoms with Crippen LogP contribution in [0.3, 0.4) is 0 Å². The van der Waals surface area contributed by atoms with Crippen LogP contribution in [0, 0.1) is 6.92 Å². The predicted molar refractivity (Wildman–Crippen MR) is 66.5 cm³/mol. The Morgan fingerprint density at radius 1 is 1.27 bits per heavy atom. The van der Waals surface area contributed by atoms with Gasteiger partial charge >= 0.3 is 0 Å². The number of hydrogen-bond acceptors (Lipinski definition) is 2. The fourth-order valence-corrected chi connectivity index (χ4v) is 3.67. The van der Waals surface area contributed by atoms with Crippen LogP contribution in [0.15, 0.2) is 12.1 Å². The van der Waals surface area contributed by atoms with E-state index in [-0.39, 0.29) is 0 Å². The SMILES string of the molecule is Cc1c(CN)sc2cc3c(cc12)CCC3. The summed E-state index contributed by atoms with van der Waals surface area (Å²) >= 11 is 1.86. The normalized spacial score (nSPS) is 14.8. The van der Waals surface area contributed by atoms with E-state index in [2.05, 4.69) is 19.1 Å². The van der Waals surface area contributed by atoms with Crippen LogP contribution in [0.5, 0.6) is 0 Å². The van der Waals surface area contributed by atoms with Crippen LogP contribution in [-0.4, -0.2) is 0 Å². The highest BCUT2D eigenvalue weighted by molar-refractivity contribution is 7.19. The van der Waals surface area contributed by atoms with Gasteiger partial charge in [0.15, 0.2) is 0 Å². The van der Waals surface area contributed by atoms with Crippen molar-refractivity contribution in [2.24, 2.45) is 5.73 Å². The number of benzene rings is 1. The molecular weight excluding hydrogens is 202 g/mol. The van der Waals surface area contributed by atoms with Crippen molar-refractivity contribution in [3.05, 3.63) is 33.7 Å². The molecule has 1 aromatic heterocycles. The van der Waals surface area contributed by atoms with Gasteiger partial charge in [0.1, 0.15) is 0 Å². The molecule has 0 fully saturated rings. The minimum absolute atomic E-state index is 0.676. The first-order valence-corrected chi connectivity index (χ1v) is 6.35. The average molecular weight is 217 g/mol. The van der Waals surface area contributed by atoms with Gasteiger partial charge in [0.2, 0.25) is 0 Å². The maximum Gasteiger partial charge on any atom is 0.0351 e. The number of nitrogens with two attached hydrogens (primary N) is 1. The summed E-state index contributed by atoms with van der Waals surface area (Å²) in [7, 11) is 0. The van der Waals surface area contributed by atoms with Crippen molar-refractivity contribution >= 4 is 21.4 Å². The summed E-state index contributed by atoms with van der Waals surface area (Å²) in [5.41, 5.74) is 10.3. The summed E-state index contributed by atoms with van der Waals surface area (Å²) in [6, 6.07) is 4.77. The van der Waals surface area contributed by atoms with E-state index < -0.39 is 0 Å². The highest BCUT2D eigenvalue weighted by Crippen LogP contribution is 2.35. The van der Waals surface area contributed by atoms with E-state index in [0.717, 1.165) is 0 Å². The first kappa shape index (κ1) is 9.37. The third kappa shape index (κ3) is 1.32. The standard InChI is InChI=1S/C13H15NS/c1-8-11-5-9-3-2-4-10(9)6-12(11)15-13(8)7-14/h5-6H,2-4,7,14H2,1H3. The lowest BCUT2D eigenvalue weighted by Crippen LogP contribution is -1.94. The predicted octanol–water partition coefficient (Wildman–Crippen LogP) is 3.16. The van der Waals surface area contributed by atoms with Crippen LogP contribution in [0.25, 0.3) is 10.1 Å². The van der Waals surface area contributed by atoms with Gasteiger partial charge in [-0.1, -0.05) is 0 Å². The van der Waals surface area contributed by atoms with E-state index in [9.17, 15) is 0 Å². The van der Waals surface area contributed by atoms with Crippen molar-refractivity contribution < 1.29 is 0 Å². The lowest BCUT2D eigenvalue weighted by Gasteiger charge is -1.99. The minimum Gasteiger partial charge on any atom is -0.326 e. The Labute approximate surface area is 93.9 Å². The van der Waals surface area contributed by atoms with Gasteiger partial charge in [-0.2, -0.15) is 0 Å². The molecule has 0 aliphatic heterocycles. The van der Waals surface area contributed by atoms with Crippen molar-refractivity contribution in [2.45, 2.75) is 32.7 Å². The highest BCUT2D eigenvalue weighted by atomic mass is 32.1. The number of rotatable bonds is 1. The summed E-state index contributed by atoms with van der Waals surface area (Å²) in [4.78, 5) is 1.34. The molecule has 0 amide bonds. The summed E-state index contributed by atoms with van der Waals surface area (Å²) < 4.78 is 1.42. The van der Waals surface area contributed by atoms with E-state index in [0.29, 0.717) is 6.54 Å². The lowest BCUT2D eigenvalue weighted by atomic mass is 10.1. The Kier molecular flexibility index (Phi) is 2.08. The van der Waals surface area contributed by atoms with Gasteiger partial charge in [-0.15, -0.1) is 11.3 Å². The van der Waals surface area contributed by atoms with E-state index in [4.69, 9.17) is 5.73 Å². The van der Waals surface area contributed by atoms with Gasteiger partial charge in [0, 0.05) is 16.1 Å². The molecule has 3 rings (SSSR count). The van der Waals surface area contributed by atoms with Gasteiger partial charge in [-0.05, 0) is 60.4 Å². The molecule has 2 N–H and O–H groups in total. The molecule has 0 bridgehead atoms. The Morgan fingerprint density at radius 3 is 2.73 bits per heavy atom. The maximum atomic E-state index is 5.75. The number of fused-ring (bicyclic) bond motifs is 2. The summed E-state index contributed by atoms with van der Waals surface area (Å²) in [5, 5.41) is 1.43. The van der Waals surface area contributed by atoms with Crippen molar-refractivity contribution in [3.8, 4) is 0 Å². The Morgan fingerprint density at radius 2 is 2.00 bits per heavy atom. The highest BCUT2D eigenvalue weighted by Gasteiger charge is 2.14. The van der Waals surface area contributed by atoms with E-state index in [1.54, 1.807) is 11.1 Å². The first-order chi connectivity index (χ1) is 7.29. The summed E-state index contributed by atoms with van der Waals surface area (Å²) in [6.07, 6.45) is 3.86. The van der Waals surface area contributed by atoms with E-state index in [1.807, 2.05) is 11.3 Å². The fraction of sp³-hybridized carbons (Fsp3) is 0.385. The monoisotopic (exact) mass is 217 g/mol. The zero-order valence-corrected chi connectivity index (χ0v) is 9.79. The van der Waals surface area contributed by atoms with Crippen LogP contribution >= 0.6 is 11.3 Å². The molecule has 0 saturated heterocycles. The van der Waals surface area contributed by atoms with E-state index >= 15 is 0 Å². The molecule has 1 nitrogen and oxygen atoms in total. The number of thiophene rings is 1. The molecule has 2 aromatic rings. The Hall–Kier alpha value is -0.860. The quantitative estimate of drug-likeness (QED) is 0.780. The first-order valence-electron chi connectivity index (χ1n) is 5.53. The molecule has 2 heteroatoms. The van der Waals surface area contributed by atoms with Crippen molar-refractivity contribution in [1.82, 2.24) is 0 Å². The molecule has 0 atom stereocenters. The maximum absolute atomic E-state index is 5.75. The molecule has 1 heterocycles. The second-order valence-corrected chi connectivity index (χ2v) is 5.46. The van der Waals surface area contributed by atoms with Crippen molar-refractivity contribution in [3.63, 3.8) is 0 Å². The minimum atomic E-state index is 0.676. The van der Waals surface area contributed by atoms with Crippen LogP contribution in [0.2, 0.25) is 0 Å². The zero-order valence-electron chi connectivity index (χ0n) is 8.97. The van der Waals surface area contributed by atoms with Gasteiger partial charge in [-0.3, -0.25) is 0 Å². The third-order valence-electron chi connectivity index (χ3n) is 3.43. The fourth-order valence-electron chi connectivity index (χ4n) is 2.53. The van der Waals surface area contributed by atoms with Crippen molar-refractivity contribution in [2.75, 3.05) is 0 Å².